The molecular formula is C15H21N3O3S. The maximum atomic E-state index is 11.7. The van der Waals surface area contributed by atoms with Crippen molar-refractivity contribution in [3.8, 4) is 10.8 Å². The molecule has 0 bridgehead atoms. The summed E-state index contributed by atoms with van der Waals surface area (Å²) in [6.45, 7) is 4.47. The molecule has 0 fully saturated rings. The second kappa shape index (κ2) is 7.95. The van der Waals surface area contributed by atoms with Crippen molar-refractivity contribution in [1.29, 1.82) is 0 Å². The number of aromatic nitrogens is 1. The topological polar surface area (TPSA) is 87.4 Å². The van der Waals surface area contributed by atoms with Gasteiger partial charge in [-0.25, -0.2) is 9.78 Å². The second-order valence-electron chi connectivity index (χ2n) is 5.14. The highest BCUT2D eigenvalue weighted by molar-refractivity contribution is 7.13. The number of hydrogen-bond donors (Lipinski definition) is 3. The summed E-state index contributed by atoms with van der Waals surface area (Å²) in [5, 5.41) is 17.1. The fraction of sp³-hybridized carbons (Fsp3) is 0.467. The molecule has 2 rings (SSSR count). The van der Waals surface area contributed by atoms with Crippen LogP contribution in [0.15, 0.2) is 28.2 Å². The van der Waals surface area contributed by atoms with Crippen molar-refractivity contribution in [3.63, 3.8) is 0 Å². The number of urea groups is 1. The van der Waals surface area contributed by atoms with Crippen LogP contribution < -0.4 is 10.6 Å². The van der Waals surface area contributed by atoms with E-state index in [9.17, 15) is 9.90 Å². The van der Waals surface area contributed by atoms with Gasteiger partial charge in [0.15, 0.2) is 0 Å². The number of thiophene rings is 1. The Hall–Kier alpha value is -1.86. The number of carbonyl (C=O) groups excluding carboxylic acids is 1. The number of amides is 2. The minimum atomic E-state index is -0.534. The first-order chi connectivity index (χ1) is 10.6. The third kappa shape index (κ3) is 4.57. The van der Waals surface area contributed by atoms with Crippen LogP contribution in [0.5, 0.6) is 0 Å². The molecule has 7 heteroatoms. The second-order valence-corrected chi connectivity index (χ2v) is 6.09. The Morgan fingerprint density at radius 3 is 3.00 bits per heavy atom. The number of oxazole rings is 1. The smallest absolute Gasteiger partial charge is 0.315 e. The predicted molar refractivity (Wildman–Crippen MR) is 85.5 cm³/mol. The molecule has 6 nitrogen and oxygen atoms in total. The van der Waals surface area contributed by atoms with E-state index < -0.39 is 6.10 Å². The Balaban J connectivity index is 1.75. The Morgan fingerprint density at radius 1 is 1.50 bits per heavy atom. The number of rotatable bonds is 7. The van der Waals surface area contributed by atoms with Crippen LogP contribution in [0, 0.1) is 5.92 Å². The van der Waals surface area contributed by atoms with Crippen LogP contribution in [-0.4, -0.2) is 28.8 Å². The zero-order valence-electron chi connectivity index (χ0n) is 12.7. The van der Waals surface area contributed by atoms with E-state index >= 15 is 0 Å². The number of nitrogens with one attached hydrogen (secondary N) is 2. The number of carbonyl (C=O) groups is 1. The van der Waals surface area contributed by atoms with E-state index in [2.05, 4.69) is 15.6 Å². The molecule has 3 N–H and O–H groups in total. The fourth-order valence-corrected chi connectivity index (χ4v) is 2.46. The van der Waals surface area contributed by atoms with Crippen molar-refractivity contribution in [2.45, 2.75) is 32.9 Å². The molecular weight excluding hydrogens is 302 g/mol. The summed E-state index contributed by atoms with van der Waals surface area (Å²) in [6, 6.07) is 3.53. The van der Waals surface area contributed by atoms with Crippen molar-refractivity contribution >= 4 is 17.4 Å². The molecule has 0 radical (unpaired) electrons. The molecule has 2 unspecified atom stereocenters. The monoisotopic (exact) mass is 323 g/mol. The molecule has 2 amide bonds. The molecule has 0 aliphatic carbocycles. The quantitative estimate of drug-likeness (QED) is 0.731. The maximum Gasteiger partial charge on any atom is 0.315 e. The highest BCUT2D eigenvalue weighted by Crippen LogP contribution is 2.23. The first-order valence-electron chi connectivity index (χ1n) is 7.28. The van der Waals surface area contributed by atoms with E-state index in [0.717, 1.165) is 11.3 Å². The molecule has 0 saturated carbocycles. The van der Waals surface area contributed by atoms with Crippen LogP contribution in [0.4, 0.5) is 4.79 Å². The molecule has 2 aromatic rings. The molecule has 22 heavy (non-hydrogen) atoms. The van der Waals surface area contributed by atoms with Crippen LogP contribution in [0.1, 0.15) is 26.0 Å². The van der Waals surface area contributed by atoms with Crippen LogP contribution in [0.25, 0.3) is 10.8 Å². The number of aliphatic hydroxyl groups excluding tert-OH is 1. The van der Waals surface area contributed by atoms with Gasteiger partial charge in [0.05, 0.1) is 23.2 Å². The Morgan fingerprint density at radius 2 is 2.32 bits per heavy atom. The summed E-state index contributed by atoms with van der Waals surface area (Å²) in [6.07, 6.45) is 1.87. The van der Waals surface area contributed by atoms with Gasteiger partial charge in [-0.3, -0.25) is 0 Å². The van der Waals surface area contributed by atoms with E-state index in [-0.39, 0.29) is 25.0 Å². The number of aliphatic hydroxyl groups is 1. The minimum absolute atomic E-state index is 0.157. The van der Waals surface area contributed by atoms with Crippen molar-refractivity contribution in [3.05, 3.63) is 29.5 Å². The normalized spacial score (nSPS) is 13.6. The summed E-state index contributed by atoms with van der Waals surface area (Å²) in [4.78, 5) is 16.9. The maximum absolute atomic E-state index is 11.7. The molecule has 120 valence electrons. The lowest BCUT2D eigenvalue weighted by Gasteiger charge is -2.17. The van der Waals surface area contributed by atoms with Gasteiger partial charge in [0.25, 0.3) is 0 Å². The molecule has 2 atom stereocenters. The average Bonchev–Trinajstić information content (AvgIpc) is 3.20. The predicted octanol–water partition coefficient (Wildman–Crippen LogP) is 2.61. The Bertz CT molecular complexity index is 583. The van der Waals surface area contributed by atoms with Gasteiger partial charge in [-0.05, 0) is 17.4 Å². The highest BCUT2D eigenvalue weighted by Gasteiger charge is 2.13. The average molecular weight is 323 g/mol. The molecule has 2 aromatic heterocycles. The first kappa shape index (κ1) is 16.5. The first-order valence-corrected chi connectivity index (χ1v) is 8.16. The summed E-state index contributed by atoms with van der Waals surface area (Å²) < 4.78 is 5.37. The van der Waals surface area contributed by atoms with Crippen molar-refractivity contribution in [2.75, 3.05) is 6.54 Å². The lowest BCUT2D eigenvalue weighted by Crippen LogP contribution is -2.41. The van der Waals surface area contributed by atoms with E-state index in [4.69, 9.17) is 4.42 Å². The lowest BCUT2D eigenvalue weighted by atomic mass is 10.0. The van der Waals surface area contributed by atoms with Gasteiger partial charge in [0.2, 0.25) is 5.89 Å². The molecule has 0 aromatic carbocycles. The van der Waals surface area contributed by atoms with E-state index in [1.165, 1.54) is 6.26 Å². The highest BCUT2D eigenvalue weighted by atomic mass is 32.1. The van der Waals surface area contributed by atoms with Crippen molar-refractivity contribution in [1.82, 2.24) is 15.6 Å². The number of nitrogens with zero attached hydrogens (tertiary/aromatic N) is 1. The fourth-order valence-electron chi connectivity index (χ4n) is 1.81. The largest absolute Gasteiger partial charge is 0.443 e. The van der Waals surface area contributed by atoms with Crippen LogP contribution in [0.3, 0.4) is 0 Å². The van der Waals surface area contributed by atoms with E-state index in [0.29, 0.717) is 11.6 Å². The Labute approximate surface area is 133 Å². The molecule has 0 aliphatic rings. The third-order valence-corrected chi connectivity index (χ3v) is 4.34. The summed E-state index contributed by atoms with van der Waals surface area (Å²) in [7, 11) is 0. The van der Waals surface area contributed by atoms with Crippen LogP contribution >= 0.6 is 11.3 Å². The summed E-state index contributed by atoms with van der Waals surface area (Å²) in [5.74, 6) is 0.712. The summed E-state index contributed by atoms with van der Waals surface area (Å²) in [5.41, 5.74) is 0.654. The van der Waals surface area contributed by atoms with Gasteiger partial charge in [0.1, 0.15) is 6.26 Å². The van der Waals surface area contributed by atoms with Gasteiger partial charge in [-0.1, -0.05) is 26.3 Å². The van der Waals surface area contributed by atoms with Gasteiger partial charge in [-0.15, -0.1) is 11.3 Å². The molecule has 2 heterocycles. The van der Waals surface area contributed by atoms with Gasteiger partial charge < -0.3 is 20.2 Å². The van der Waals surface area contributed by atoms with Gasteiger partial charge >= 0.3 is 6.03 Å². The third-order valence-electron chi connectivity index (χ3n) is 3.49. The standard InChI is InChI=1S/C15H21N3O3S/c1-3-10(2)12(19)8-17-15(20)16-7-11-9-21-14(18-11)13-5-4-6-22-13/h4-6,9-10,12,19H,3,7-8H2,1-2H3,(H2,16,17,20). The van der Waals surface area contributed by atoms with Crippen molar-refractivity contribution in [2.24, 2.45) is 5.92 Å². The van der Waals surface area contributed by atoms with Crippen LogP contribution in [0.2, 0.25) is 0 Å². The Kier molecular flexibility index (Phi) is 5.97. The molecule has 0 saturated heterocycles. The van der Waals surface area contributed by atoms with E-state index in [1.807, 2.05) is 31.4 Å². The SMILES string of the molecule is CCC(C)C(O)CNC(=O)NCc1coc(-c2cccs2)n1. The molecule has 0 aliphatic heterocycles. The zero-order valence-corrected chi connectivity index (χ0v) is 13.5. The van der Waals surface area contributed by atoms with Gasteiger partial charge in [0, 0.05) is 6.54 Å². The van der Waals surface area contributed by atoms with Crippen molar-refractivity contribution < 1.29 is 14.3 Å². The summed E-state index contributed by atoms with van der Waals surface area (Å²) >= 11 is 1.55. The molecule has 0 spiro atoms. The minimum Gasteiger partial charge on any atom is -0.443 e. The lowest BCUT2D eigenvalue weighted by molar-refractivity contribution is 0.114. The van der Waals surface area contributed by atoms with Gasteiger partial charge in [-0.2, -0.15) is 0 Å². The zero-order chi connectivity index (χ0) is 15.9. The van der Waals surface area contributed by atoms with E-state index in [1.54, 1.807) is 11.3 Å². The number of hydrogen-bond acceptors (Lipinski definition) is 5. The van der Waals surface area contributed by atoms with Crippen LogP contribution in [-0.2, 0) is 6.54 Å².